The number of methoxy groups -OCH3 is 4. The summed E-state index contributed by atoms with van der Waals surface area (Å²) in [5.41, 5.74) is -1.82. The van der Waals surface area contributed by atoms with Crippen molar-refractivity contribution in [3.05, 3.63) is 111 Å². The number of halogens is 7. The van der Waals surface area contributed by atoms with Crippen molar-refractivity contribution in [1.29, 1.82) is 0 Å². The van der Waals surface area contributed by atoms with E-state index < -0.39 is 35.0 Å². The van der Waals surface area contributed by atoms with E-state index in [2.05, 4.69) is 69.4 Å². The topological polar surface area (TPSA) is 208 Å². The molecule has 26 heteroatoms. The fraction of sp³-hybridized carbons (Fsp3) is 0.662. The van der Waals surface area contributed by atoms with Crippen molar-refractivity contribution >= 4 is 28.9 Å². The third kappa shape index (κ3) is 33.7. The molecule has 0 heterocycles. The second-order valence-corrected chi connectivity index (χ2v) is 33.8. The van der Waals surface area contributed by atoms with E-state index in [1.54, 1.807) is 33.3 Å². The zero-order valence-corrected chi connectivity index (χ0v) is 67.8. The second-order valence-electron chi connectivity index (χ2n) is 27.8. The molecule has 0 spiro atoms. The summed E-state index contributed by atoms with van der Waals surface area (Å²) in [6.07, 6.45) is 10.3. The van der Waals surface area contributed by atoms with Gasteiger partial charge in [-0.3, -0.25) is 0 Å². The molecule has 8 saturated carbocycles. The molecule has 8 aliphatic carbocycles. The van der Waals surface area contributed by atoms with Crippen LogP contribution in [0.5, 0.6) is 23.0 Å². The molecule has 4 atom stereocenters. The van der Waals surface area contributed by atoms with Gasteiger partial charge in [-0.15, -0.1) is 17.0 Å². The molecule has 19 nitrogen and oxygen atoms in total. The first kappa shape index (κ1) is 89.9. The highest BCUT2D eigenvalue weighted by Gasteiger charge is 2.59. The molecule has 0 aromatic heterocycles. The molecule has 582 valence electrons. The number of aliphatic hydroxyl groups is 2. The minimum atomic E-state index is -3.43. The predicted molar refractivity (Wildman–Crippen MR) is 379 cm³/mol. The van der Waals surface area contributed by atoms with Crippen LogP contribution in [0.1, 0.15) is 105 Å². The standard InChI is InChI=1S/2C22H30IO6.2C14H20F2O3.C5H13N.BrH/c2*1-24-11-13-26-15-17-28-21-7-3-19(4-8-21)23-20-5-9-22(10-6-20)29-18-16-27-14-12-25-2;2*1-12(15,16)11(17)19-8-13-3-9-2-10(4-13)6-14(18,5-9)7-13;1-4-6(3)5-2;/h2*3-10H,11-18H2,1-2H3;2*9-10,18H,2-8H2,1H3;4-5H2,1-3H3;1H/q2*+1;;;;/p+1. The Morgan fingerprint density at radius 2 is 0.650 bits per heavy atom. The van der Waals surface area contributed by atoms with E-state index in [9.17, 15) is 37.4 Å². The van der Waals surface area contributed by atoms with E-state index >= 15 is 0 Å². The third-order valence-corrected chi connectivity index (χ3v) is 24.0. The highest BCUT2D eigenvalue weighted by atomic mass is 127. The number of quaternary nitrogens is 1. The van der Waals surface area contributed by atoms with E-state index in [1.165, 1.54) is 27.4 Å². The van der Waals surface area contributed by atoms with E-state index in [1.807, 2.05) is 48.5 Å². The van der Waals surface area contributed by atoms with Gasteiger partial charge < -0.3 is 81.4 Å². The number of alkyl halides is 4. The largest absolute Gasteiger partial charge is 0.491 e. The Morgan fingerprint density at radius 3 is 0.845 bits per heavy atom. The lowest BCUT2D eigenvalue weighted by Gasteiger charge is -2.59. The molecular formula is C77H115BrF4I2NO18+3. The van der Waals surface area contributed by atoms with Crippen LogP contribution < -0.4 is 66.3 Å². The Balaban J connectivity index is 0.000000243. The Labute approximate surface area is 639 Å². The Kier molecular flexibility index (Phi) is 40.6. The van der Waals surface area contributed by atoms with Gasteiger partial charge in [-0.2, -0.15) is 17.6 Å². The van der Waals surface area contributed by atoms with Gasteiger partial charge in [0.1, 0.15) is 49.4 Å². The predicted octanol–water partition coefficient (Wildman–Crippen LogP) is 4.95. The first-order valence-corrected chi connectivity index (χ1v) is 40.0. The maximum Gasteiger partial charge on any atom is 0.376 e. The summed E-state index contributed by atoms with van der Waals surface area (Å²) in [5, 5.41) is 21.0. The quantitative estimate of drug-likeness (QED) is 0.0233. The molecular weight excluding hydrogens is 1640 g/mol. The fourth-order valence-corrected chi connectivity index (χ4v) is 18.9. The molecule has 0 aliphatic heterocycles. The number of rotatable bonds is 40. The zero-order chi connectivity index (χ0) is 73.9. The van der Waals surface area contributed by atoms with Crippen LogP contribution in [0.3, 0.4) is 0 Å². The lowest BCUT2D eigenvalue weighted by atomic mass is 9.48. The van der Waals surface area contributed by atoms with Crippen molar-refractivity contribution in [1.82, 2.24) is 0 Å². The third-order valence-electron chi connectivity index (χ3n) is 18.6. The van der Waals surface area contributed by atoms with Gasteiger partial charge in [0.05, 0.1) is 124 Å². The molecule has 0 amide bonds. The first-order chi connectivity index (χ1) is 48.8. The molecule has 8 fully saturated rings. The number of hydrogen-bond acceptors (Lipinski definition) is 18. The average molecular weight is 1750 g/mol. The van der Waals surface area contributed by atoms with Crippen LogP contribution in [-0.4, -0.2) is 213 Å². The molecule has 12 rings (SSSR count). The lowest BCUT2D eigenvalue weighted by Crippen LogP contribution is -3.61. The van der Waals surface area contributed by atoms with Crippen LogP contribution in [0.2, 0.25) is 0 Å². The van der Waals surface area contributed by atoms with Crippen LogP contribution >= 0.6 is 17.0 Å². The number of ether oxygens (including phenoxy) is 14. The highest BCUT2D eigenvalue weighted by Crippen LogP contribution is 2.63. The normalized spacial score (nSPS) is 23.1. The summed E-state index contributed by atoms with van der Waals surface area (Å²) < 4.78 is 130. The summed E-state index contributed by atoms with van der Waals surface area (Å²) >= 11 is -0.466. The van der Waals surface area contributed by atoms with Crippen LogP contribution in [0.25, 0.3) is 0 Å². The Hall–Kier alpha value is -3.76. The van der Waals surface area contributed by atoms with Crippen LogP contribution in [-0.2, 0) is 57.0 Å². The molecule has 0 radical (unpaired) electrons. The van der Waals surface area contributed by atoms with E-state index in [-0.39, 0.29) is 83.4 Å². The van der Waals surface area contributed by atoms with Crippen molar-refractivity contribution in [3.63, 3.8) is 0 Å². The molecule has 8 aliphatic rings. The van der Waals surface area contributed by atoms with Crippen LogP contribution in [0.15, 0.2) is 97.1 Å². The summed E-state index contributed by atoms with van der Waals surface area (Å²) in [5.74, 6) is -4.44. The smallest absolute Gasteiger partial charge is 0.376 e. The number of carbonyl (C=O) groups is 2. The van der Waals surface area contributed by atoms with Crippen molar-refractivity contribution in [3.8, 4) is 23.0 Å². The van der Waals surface area contributed by atoms with E-state index in [0.29, 0.717) is 156 Å². The summed E-state index contributed by atoms with van der Waals surface area (Å²) in [6.45, 7) is 17.3. The van der Waals surface area contributed by atoms with Crippen molar-refractivity contribution in [2.24, 2.45) is 34.5 Å². The van der Waals surface area contributed by atoms with Gasteiger partial charge in [-0.1, -0.05) is 0 Å². The van der Waals surface area contributed by atoms with Crippen LogP contribution in [0.4, 0.5) is 17.6 Å². The van der Waals surface area contributed by atoms with Crippen molar-refractivity contribution in [2.75, 3.05) is 168 Å². The van der Waals surface area contributed by atoms with E-state index in [0.717, 1.165) is 87.2 Å². The number of hydrogen-bond donors (Lipinski definition) is 3. The van der Waals surface area contributed by atoms with Gasteiger partial charge in [0, 0.05) is 53.1 Å². The fourth-order valence-electron chi connectivity index (χ4n) is 14.6. The minimum Gasteiger partial charge on any atom is -0.491 e. The molecule has 3 N–H and O–H groups in total. The summed E-state index contributed by atoms with van der Waals surface area (Å²) in [4.78, 5) is 24.0. The Morgan fingerprint density at radius 1 is 0.417 bits per heavy atom. The van der Waals surface area contributed by atoms with Gasteiger partial charge in [-0.05, 0) is 212 Å². The number of carbonyl (C=O) groups excluding carboxylic acids is 2. The van der Waals surface area contributed by atoms with Crippen molar-refractivity contribution < 1.29 is 151 Å². The van der Waals surface area contributed by atoms with Gasteiger partial charge >= 0.3 is 66.2 Å². The molecule has 8 bridgehead atoms. The Bertz CT molecular complexity index is 2630. The molecule has 103 heavy (non-hydrogen) atoms. The summed E-state index contributed by atoms with van der Waals surface area (Å²) in [7, 11) is 8.84. The second kappa shape index (κ2) is 46.6. The van der Waals surface area contributed by atoms with Gasteiger partial charge in [-0.25, -0.2) is 9.59 Å². The highest BCUT2D eigenvalue weighted by molar-refractivity contribution is 8.93. The van der Waals surface area contributed by atoms with E-state index in [4.69, 9.17) is 66.3 Å². The number of esters is 2. The number of nitrogens with one attached hydrogen (secondary N) is 1. The molecule has 4 unspecified atom stereocenters. The molecule has 4 aromatic rings. The summed E-state index contributed by atoms with van der Waals surface area (Å²) in [6, 6.07) is 33.2. The number of benzene rings is 4. The van der Waals surface area contributed by atoms with Gasteiger partial charge in [0.2, 0.25) is 0 Å². The van der Waals surface area contributed by atoms with Crippen molar-refractivity contribution in [2.45, 2.75) is 128 Å². The molecule has 0 saturated heterocycles. The first-order valence-electron chi connectivity index (χ1n) is 35.7. The monoisotopic (exact) mass is 1750 g/mol. The van der Waals surface area contributed by atoms with Crippen LogP contribution in [0, 0.1) is 48.8 Å². The minimum absolute atomic E-state index is 0. The van der Waals surface area contributed by atoms with Gasteiger partial charge in [0.25, 0.3) is 0 Å². The van der Waals surface area contributed by atoms with Gasteiger partial charge in [0.15, 0.2) is 14.3 Å². The molecule has 4 aromatic carbocycles. The zero-order valence-electron chi connectivity index (χ0n) is 61.8. The average Bonchev–Trinajstić information content (AvgIpc) is 0.739. The SMILES string of the molecule is Br.CC(F)(F)C(=O)OCC12CC3CC(CC(O)(C3)C1)C2.CC(F)(F)C(=O)OCC12CC3CC(CC(O)(C3)C1)C2.CC[NH+](C)CC.COCCOCCOc1ccc([I+]c2ccc(OCCOCCOC)cc2)cc1.COCCOCCOc1ccc([I+]c2ccc(OCCOCCOC)cc2)cc1. The lowest BCUT2D eigenvalue weighted by molar-refractivity contribution is -0.875. The maximum absolute atomic E-state index is 12.8. The maximum atomic E-state index is 12.8.